The number of alkyl halides is 1. The molecule has 5 nitrogen and oxygen atoms in total. The highest BCUT2D eigenvalue weighted by Gasteiger charge is 1.97. The van der Waals surface area contributed by atoms with E-state index >= 15 is 0 Å². The average Bonchev–Trinajstić information content (AvgIpc) is 2.69. The van der Waals surface area contributed by atoms with Gasteiger partial charge in [-0.3, -0.25) is 0 Å². The summed E-state index contributed by atoms with van der Waals surface area (Å²) in [6, 6.07) is 12.1. The fraction of sp³-hybridized carbons (Fsp3) is 0.381. The van der Waals surface area contributed by atoms with Gasteiger partial charge in [-0.25, -0.2) is 9.37 Å². The molecule has 0 saturated carbocycles. The largest absolute Gasteiger partial charge is 0.475 e. The van der Waals surface area contributed by atoms with E-state index in [-0.39, 0.29) is 6.61 Å². The Kier molecular flexibility index (Phi) is 9.30. The third-order valence-corrected chi connectivity index (χ3v) is 3.71. The molecule has 0 radical (unpaired) electrons. The smallest absolute Gasteiger partial charge is 0.213 e. The van der Waals surface area contributed by atoms with Crippen LogP contribution in [0.25, 0.3) is 12.2 Å². The average molecular weight is 374 g/mol. The number of hydrogen-bond acceptors (Lipinski definition) is 5. The Balaban J connectivity index is 1.70. The molecular weight excluding hydrogens is 347 g/mol. The van der Waals surface area contributed by atoms with Crippen molar-refractivity contribution in [3.63, 3.8) is 0 Å². The molecule has 0 amide bonds. The van der Waals surface area contributed by atoms with Gasteiger partial charge in [-0.1, -0.05) is 24.3 Å². The van der Waals surface area contributed by atoms with Crippen LogP contribution in [-0.2, 0) is 9.47 Å². The molecule has 2 rings (SSSR count). The zero-order valence-electron chi connectivity index (χ0n) is 15.9. The van der Waals surface area contributed by atoms with Crippen molar-refractivity contribution in [2.24, 2.45) is 0 Å². The number of aromatic nitrogens is 1. The predicted molar refractivity (Wildman–Crippen MR) is 107 cm³/mol. The molecule has 0 fully saturated rings. The standard InChI is InChI=1S/C21H27FN2O3/c1-24(2)20-8-5-18(6-9-20)3-4-19-7-10-21(23-17-19)27-16-15-26-14-13-25-12-11-22/h3-10,17H,11-16H2,1-2H3. The van der Waals surface area contributed by atoms with Gasteiger partial charge in [-0.15, -0.1) is 0 Å². The highest BCUT2D eigenvalue weighted by Crippen LogP contribution is 2.15. The Hall–Kier alpha value is -2.44. The number of anilines is 1. The molecule has 27 heavy (non-hydrogen) atoms. The van der Waals surface area contributed by atoms with E-state index in [0.29, 0.717) is 32.3 Å². The van der Waals surface area contributed by atoms with E-state index < -0.39 is 6.67 Å². The summed E-state index contributed by atoms with van der Waals surface area (Å²) in [5.74, 6) is 0.555. The number of benzene rings is 1. The summed E-state index contributed by atoms with van der Waals surface area (Å²) in [6.07, 6.45) is 5.84. The van der Waals surface area contributed by atoms with E-state index in [2.05, 4.69) is 40.2 Å². The lowest BCUT2D eigenvalue weighted by Crippen LogP contribution is -2.11. The van der Waals surface area contributed by atoms with Gasteiger partial charge in [0.05, 0.1) is 26.4 Å². The van der Waals surface area contributed by atoms with Crippen LogP contribution in [0.2, 0.25) is 0 Å². The first-order chi connectivity index (χ1) is 13.2. The highest BCUT2D eigenvalue weighted by atomic mass is 19.1. The van der Waals surface area contributed by atoms with Crippen LogP contribution in [0.1, 0.15) is 11.1 Å². The van der Waals surface area contributed by atoms with Crippen molar-refractivity contribution in [3.8, 4) is 5.88 Å². The van der Waals surface area contributed by atoms with Crippen LogP contribution in [-0.4, -0.2) is 58.8 Å². The predicted octanol–water partition coefficient (Wildman–Crippen LogP) is 3.70. The van der Waals surface area contributed by atoms with Crippen LogP contribution in [0, 0.1) is 0 Å². The van der Waals surface area contributed by atoms with Gasteiger partial charge < -0.3 is 19.1 Å². The number of rotatable bonds is 12. The van der Waals surface area contributed by atoms with Crippen molar-refractivity contribution in [1.29, 1.82) is 0 Å². The fourth-order valence-electron chi connectivity index (χ4n) is 2.23. The third kappa shape index (κ3) is 8.19. The Morgan fingerprint density at radius 1 is 0.852 bits per heavy atom. The molecule has 2 aromatic rings. The van der Waals surface area contributed by atoms with Crippen LogP contribution >= 0.6 is 0 Å². The lowest BCUT2D eigenvalue weighted by atomic mass is 10.1. The number of ether oxygens (including phenoxy) is 3. The molecule has 146 valence electrons. The minimum Gasteiger partial charge on any atom is -0.475 e. The van der Waals surface area contributed by atoms with Crippen molar-refractivity contribution in [2.75, 3.05) is 58.7 Å². The van der Waals surface area contributed by atoms with Gasteiger partial charge >= 0.3 is 0 Å². The van der Waals surface area contributed by atoms with Crippen molar-refractivity contribution in [1.82, 2.24) is 4.98 Å². The summed E-state index contributed by atoms with van der Waals surface area (Å²) >= 11 is 0. The first-order valence-electron chi connectivity index (χ1n) is 8.95. The summed E-state index contributed by atoms with van der Waals surface area (Å²) in [7, 11) is 4.05. The van der Waals surface area contributed by atoms with Crippen molar-refractivity contribution >= 4 is 17.8 Å². The lowest BCUT2D eigenvalue weighted by Gasteiger charge is -2.11. The topological polar surface area (TPSA) is 43.8 Å². The molecule has 0 unspecified atom stereocenters. The molecule has 1 heterocycles. The van der Waals surface area contributed by atoms with Gasteiger partial charge in [0, 0.05) is 32.0 Å². The first-order valence-corrected chi connectivity index (χ1v) is 8.95. The van der Waals surface area contributed by atoms with Crippen LogP contribution < -0.4 is 9.64 Å². The normalized spacial score (nSPS) is 11.1. The zero-order valence-corrected chi connectivity index (χ0v) is 15.9. The van der Waals surface area contributed by atoms with Crippen molar-refractivity contribution < 1.29 is 18.6 Å². The third-order valence-electron chi connectivity index (χ3n) is 3.71. The zero-order chi connectivity index (χ0) is 19.3. The molecule has 0 atom stereocenters. The molecule has 0 spiro atoms. The van der Waals surface area contributed by atoms with Crippen LogP contribution in [0.3, 0.4) is 0 Å². The summed E-state index contributed by atoms with van der Waals surface area (Å²) in [4.78, 5) is 6.36. The number of pyridine rings is 1. The maximum absolute atomic E-state index is 11.8. The summed E-state index contributed by atoms with van der Waals surface area (Å²) in [6.45, 7) is 1.31. The van der Waals surface area contributed by atoms with E-state index in [4.69, 9.17) is 14.2 Å². The molecule has 1 aromatic heterocycles. The van der Waals surface area contributed by atoms with Gasteiger partial charge in [0.2, 0.25) is 5.88 Å². The second-order valence-electron chi connectivity index (χ2n) is 6.01. The fourth-order valence-corrected chi connectivity index (χ4v) is 2.23. The molecule has 0 aliphatic rings. The number of halogens is 1. The molecule has 0 bridgehead atoms. The van der Waals surface area contributed by atoms with Gasteiger partial charge in [0.1, 0.15) is 13.3 Å². The van der Waals surface area contributed by atoms with Crippen molar-refractivity contribution in [3.05, 3.63) is 53.7 Å². The maximum atomic E-state index is 11.8. The Morgan fingerprint density at radius 3 is 2.11 bits per heavy atom. The molecule has 6 heteroatoms. The number of hydrogen-bond donors (Lipinski definition) is 0. The molecule has 1 aromatic carbocycles. The van der Waals surface area contributed by atoms with Crippen LogP contribution in [0.4, 0.5) is 10.1 Å². The van der Waals surface area contributed by atoms with Crippen LogP contribution in [0.5, 0.6) is 5.88 Å². The molecule has 0 aliphatic carbocycles. The second kappa shape index (κ2) is 12.0. The van der Waals surface area contributed by atoms with E-state index in [9.17, 15) is 4.39 Å². The molecule has 0 saturated heterocycles. The monoisotopic (exact) mass is 374 g/mol. The van der Waals surface area contributed by atoms with Gasteiger partial charge in [-0.2, -0.15) is 0 Å². The lowest BCUT2D eigenvalue weighted by molar-refractivity contribution is 0.0320. The molecule has 0 N–H and O–H groups in total. The van der Waals surface area contributed by atoms with Gasteiger partial charge in [0.15, 0.2) is 0 Å². The minimum atomic E-state index is -0.470. The SMILES string of the molecule is CN(C)c1ccc(C=Cc2ccc(OCCOCCOCCF)nc2)cc1. The quantitative estimate of drug-likeness (QED) is 0.530. The Labute approximate surface area is 160 Å². The summed E-state index contributed by atoms with van der Waals surface area (Å²) in [5, 5.41) is 0. The van der Waals surface area contributed by atoms with Crippen molar-refractivity contribution in [2.45, 2.75) is 0 Å². The van der Waals surface area contributed by atoms with E-state index in [1.54, 1.807) is 6.20 Å². The Bertz CT molecular complexity index is 673. The van der Waals surface area contributed by atoms with Gasteiger partial charge in [0.25, 0.3) is 0 Å². The maximum Gasteiger partial charge on any atom is 0.213 e. The highest BCUT2D eigenvalue weighted by molar-refractivity contribution is 5.70. The van der Waals surface area contributed by atoms with E-state index in [1.807, 2.05) is 32.3 Å². The molecule has 0 aliphatic heterocycles. The summed E-state index contributed by atoms with van der Waals surface area (Å²) in [5.41, 5.74) is 3.31. The van der Waals surface area contributed by atoms with Crippen LogP contribution in [0.15, 0.2) is 42.6 Å². The molecular formula is C21H27FN2O3. The Morgan fingerprint density at radius 2 is 1.48 bits per heavy atom. The van der Waals surface area contributed by atoms with E-state index in [1.165, 1.54) is 5.69 Å². The second-order valence-corrected chi connectivity index (χ2v) is 6.01. The number of nitrogens with zero attached hydrogens (tertiary/aromatic N) is 2. The van der Waals surface area contributed by atoms with E-state index in [0.717, 1.165) is 11.1 Å². The van der Waals surface area contributed by atoms with Gasteiger partial charge in [-0.05, 0) is 29.3 Å². The minimum absolute atomic E-state index is 0.117. The summed E-state index contributed by atoms with van der Waals surface area (Å²) < 4.78 is 27.6. The first kappa shape index (κ1) is 20.9.